The lowest BCUT2D eigenvalue weighted by Gasteiger charge is -2.32. The standard InChI is InChI=1S/C22H27ClN2O/c1-16-9-11-18(12-10-16)17(2)24-22(26)20-7-5-13-25(15-20)14-19-6-3-4-8-21(19)23/h3-4,6,8-12,17,20H,5,7,13-15H2,1-2H3,(H,24,26)/t17-,20+/m0/s1. The van der Waals surface area contributed by atoms with Gasteiger partial charge in [0.2, 0.25) is 5.91 Å². The number of nitrogens with zero attached hydrogens (tertiary/aromatic N) is 1. The van der Waals surface area contributed by atoms with Gasteiger partial charge in [-0.1, -0.05) is 59.6 Å². The number of piperidine rings is 1. The molecule has 138 valence electrons. The predicted octanol–water partition coefficient (Wildman–Crippen LogP) is 4.74. The molecule has 0 unspecified atom stereocenters. The molecule has 1 aliphatic heterocycles. The van der Waals surface area contributed by atoms with Gasteiger partial charge in [-0.25, -0.2) is 0 Å². The molecule has 1 saturated heterocycles. The van der Waals surface area contributed by atoms with E-state index in [4.69, 9.17) is 11.6 Å². The van der Waals surface area contributed by atoms with E-state index in [9.17, 15) is 4.79 Å². The molecule has 3 nitrogen and oxygen atoms in total. The Bertz CT molecular complexity index is 744. The van der Waals surface area contributed by atoms with Gasteiger partial charge in [-0.15, -0.1) is 0 Å². The number of carbonyl (C=O) groups is 1. The van der Waals surface area contributed by atoms with Gasteiger partial charge >= 0.3 is 0 Å². The fourth-order valence-electron chi connectivity index (χ4n) is 3.55. The van der Waals surface area contributed by atoms with Gasteiger partial charge in [0.1, 0.15) is 0 Å². The molecule has 1 heterocycles. The van der Waals surface area contributed by atoms with Crippen molar-refractivity contribution in [1.82, 2.24) is 10.2 Å². The number of amides is 1. The molecule has 0 spiro atoms. The van der Waals surface area contributed by atoms with Crippen LogP contribution in [0.1, 0.15) is 42.5 Å². The zero-order chi connectivity index (χ0) is 18.5. The lowest BCUT2D eigenvalue weighted by molar-refractivity contribution is -0.127. The molecule has 1 amide bonds. The second-order valence-electron chi connectivity index (χ2n) is 7.31. The fourth-order valence-corrected chi connectivity index (χ4v) is 3.75. The summed E-state index contributed by atoms with van der Waals surface area (Å²) in [5.41, 5.74) is 3.51. The maximum Gasteiger partial charge on any atom is 0.224 e. The topological polar surface area (TPSA) is 32.3 Å². The summed E-state index contributed by atoms with van der Waals surface area (Å²) >= 11 is 6.28. The number of rotatable bonds is 5. The van der Waals surface area contributed by atoms with Crippen molar-refractivity contribution in [3.63, 3.8) is 0 Å². The van der Waals surface area contributed by atoms with Gasteiger partial charge in [-0.2, -0.15) is 0 Å². The van der Waals surface area contributed by atoms with Crippen molar-refractivity contribution in [3.8, 4) is 0 Å². The normalized spacial score (nSPS) is 19.1. The van der Waals surface area contributed by atoms with Gasteiger partial charge in [0.15, 0.2) is 0 Å². The smallest absolute Gasteiger partial charge is 0.224 e. The molecule has 2 atom stereocenters. The summed E-state index contributed by atoms with van der Waals surface area (Å²) in [5.74, 6) is 0.195. The molecule has 3 rings (SSSR count). The fraction of sp³-hybridized carbons (Fsp3) is 0.409. The summed E-state index contributed by atoms with van der Waals surface area (Å²) in [6.45, 7) is 6.73. The number of benzene rings is 2. The first-order chi connectivity index (χ1) is 12.5. The first-order valence-electron chi connectivity index (χ1n) is 9.35. The SMILES string of the molecule is Cc1ccc([C@H](C)NC(=O)[C@@H]2CCCN(Cc3ccccc3Cl)C2)cc1. The molecule has 1 fully saturated rings. The second-order valence-corrected chi connectivity index (χ2v) is 7.71. The van der Waals surface area contributed by atoms with Crippen LogP contribution in [0.3, 0.4) is 0 Å². The molecular weight excluding hydrogens is 344 g/mol. The Morgan fingerprint density at radius 3 is 2.69 bits per heavy atom. The molecule has 1 aliphatic rings. The van der Waals surface area contributed by atoms with Crippen molar-refractivity contribution in [2.24, 2.45) is 5.92 Å². The van der Waals surface area contributed by atoms with E-state index in [1.165, 1.54) is 5.56 Å². The van der Waals surface area contributed by atoms with E-state index < -0.39 is 0 Å². The van der Waals surface area contributed by atoms with Crippen molar-refractivity contribution in [2.75, 3.05) is 13.1 Å². The number of likely N-dealkylation sites (tertiary alicyclic amines) is 1. The molecule has 0 radical (unpaired) electrons. The van der Waals surface area contributed by atoms with E-state index in [-0.39, 0.29) is 17.9 Å². The van der Waals surface area contributed by atoms with Gasteiger partial charge in [0.05, 0.1) is 12.0 Å². The number of aryl methyl sites for hydroxylation is 1. The molecule has 0 bridgehead atoms. The first kappa shape index (κ1) is 18.9. The quantitative estimate of drug-likeness (QED) is 0.824. The summed E-state index contributed by atoms with van der Waals surface area (Å²) in [6.07, 6.45) is 1.99. The lowest BCUT2D eigenvalue weighted by Crippen LogP contribution is -2.43. The Morgan fingerprint density at radius 2 is 1.96 bits per heavy atom. The van der Waals surface area contributed by atoms with Crippen LogP contribution >= 0.6 is 11.6 Å². The Kier molecular flexibility index (Phi) is 6.33. The van der Waals surface area contributed by atoms with Crippen LogP contribution in [-0.2, 0) is 11.3 Å². The van der Waals surface area contributed by atoms with Crippen LogP contribution in [0.4, 0.5) is 0 Å². The lowest BCUT2D eigenvalue weighted by atomic mass is 9.95. The van der Waals surface area contributed by atoms with E-state index >= 15 is 0 Å². The average Bonchev–Trinajstić information content (AvgIpc) is 2.64. The van der Waals surface area contributed by atoms with E-state index in [1.807, 2.05) is 25.1 Å². The predicted molar refractivity (Wildman–Crippen MR) is 107 cm³/mol. The maximum absolute atomic E-state index is 12.7. The summed E-state index contributed by atoms with van der Waals surface area (Å²) in [6, 6.07) is 16.3. The van der Waals surface area contributed by atoms with Gasteiger partial charge in [-0.05, 0) is 50.4 Å². The number of carbonyl (C=O) groups excluding carboxylic acids is 1. The highest BCUT2D eigenvalue weighted by Crippen LogP contribution is 2.23. The third-order valence-electron chi connectivity index (χ3n) is 5.16. The van der Waals surface area contributed by atoms with Crippen molar-refractivity contribution >= 4 is 17.5 Å². The van der Waals surface area contributed by atoms with E-state index in [1.54, 1.807) is 0 Å². The highest BCUT2D eigenvalue weighted by Gasteiger charge is 2.27. The Balaban J connectivity index is 1.57. The molecule has 2 aromatic carbocycles. The molecular formula is C22H27ClN2O. The number of hydrogen-bond donors (Lipinski definition) is 1. The molecule has 1 N–H and O–H groups in total. The molecule has 0 saturated carbocycles. The minimum atomic E-state index is 0.0297. The van der Waals surface area contributed by atoms with Gasteiger partial charge in [-0.3, -0.25) is 9.69 Å². The monoisotopic (exact) mass is 370 g/mol. The Hall–Kier alpha value is -1.84. The van der Waals surface area contributed by atoms with Crippen LogP contribution in [0.2, 0.25) is 5.02 Å². The van der Waals surface area contributed by atoms with Crippen molar-refractivity contribution < 1.29 is 4.79 Å². The summed E-state index contributed by atoms with van der Waals surface area (Å²) in [5, 5.41) is 3.99. The zero-order valence-corrected chi connectivity index (χ0v) is 16.3. The van der Waals surface area contributed by atoms with E-state index in [0.29, 0.717) is 0 Å². The van der Waals surface area contributed by atoms with Crippen LogP contribution < -0.4 is 5.32 Å². The third-order valence-corrected chi connectivity index (χ3v) is 5.53. The van der Waals surface area contributed by atoms with Gasteiger partial charge in [0.25, 0.3) is 0 Å². The number of hydrogen-bond acceptors (Lipinski definition) is 2. The molecule has 2 aromatic rings. The Labute approximate surface area is 161 Å². The van der Waals surface area contributed by atoms with E-state index in [0.717, 1.165) is 48.6 Å². The highest BCUT2D eigenvalue weighted by molar-refractivity contribution is 6.31. The second kappa shape index (κ2) is 8.70. The number of halogens is 1. The summed E-state index contributed by atoms with van der Waals surface area (Å²) < 4.78 is 0. The van der Waals surface area contributed by atoms with Crippen molar-refractivity contribution in [2.45, 2.75) is 39.3 Å². The minimum Gasteiger partial charge on any atom is -0.349 e. The minimum absolute atomic E-state index is 0.0297. The molecule has 4 heteroatoms. The van der Waals surface area contributed by atoms with Crippen LogP contribution in [-0.4, -0.2) is 23.9 Å². The van der Waals surface area contributed by atoms with Crippen molar-refractivity contribution in [3.05, 3.63) is 70.2 Å². The molecule has 0 aromatic heterocycles. The van der Waals surface area contributed by atoms with Gasteiger partial charge < -0.3 is 5.32 Å². The summed E-state index contributed by atoms with van der Waals surface area (Å²) in [4.78, 5) is 15.1. The largest absolute Gasteiger partial charge is 0.349 e. The van der Waals surface area contributed by atoms with E-state index in [2.05, 4.69) is 47.5 Å². The van der Waals surface area contributed by atoms with Crippen LogP contribution in [0.5, 0.6) is 0 Å². The van der Waals surface area contributed by atoms with Crippen molar-refractivity contribution in [1.29, 1.82) is 0 Å². The molecule has 26 heavy (non-hydrogen) atoms. The van der Waals surface area contributed by atoms with Crippen LogP contribution in [0.25, 0.3) is 0 Å². The average molecular weight is 371 g/mol. The van der Waals surface area contributed by atoms with Gasteiger partial charge in [0, 0.05) is 18.1 Å². The first-order valence-corrected chi connectivity index (χ1v) is 9.73. The highest BCUT2D eigenvalue weighted by atomic mass is 35.5. The van der Waals surface area contributed by atoms with Crippen LogP contribution in [0, 0.1) is 12.8 Å². The Morgan fingerprint density at radius 1 is 1.23 bits per heavy atom. The maximum atomic E-state index is 12.7. The zero-order valence-electron chi connectivity index (χ0n) is 15.5. The number of nitrogens with one attached hydrogen (secondary N) is 1. The molecule has 0 aliphatic carbocycles. The van der Waals surface area contributed by atoms with Crippen LogP contribution in [0.15, 0.2) is 48.5 Å². The summed E-state index contributed by atoms with van der Waals surface area (Å²) in [7, 11) is 0. The third kappa shape index (κ3) is 4.87.